The van der Waals surface area contributed by atoms with E-state index < -0.39 is 0 Å². The van der Waals surface area contributed by atoms with Crippen molar-refractivity contribution in [3.63, 3.8) is 0 Å². The molecule has 4 rings (SSSR count). The second kappa shape index (κ2) is 7.85. The molecule has 29 heavy (non-hydrogen) atoms. The summed E-state index contributed by atoms with van der Waals surface area (Å²) in [4.78, 5) is 21.9. The molecule has 5 nitrogen and oxygen atoms in total. The molecule has 4 aromatic rings. The maximum absolute atomic E-state index is 12.5. The maximum atomic E-state index is 12.5. The van der Waals surface area contributed by atoms with Gasteiger partial charge in [-0.05, 0) is 61.9 Å². The predicted molar refractivity (Wildman–Crippen MR) is 117 cm³/mol. The van der Waals surface area contributed by atoms with E-state index in [2.05, 4.69) is 10.3 Å². The fourth-order valence-corrected chi connectivity index (χ4v) is 3.52. The average Bonchev–Trinajstić information content (AvgIpc) is 2.97. The van der Waals surface area contributed by atoms with Gasteiger partial charge in [-0.3, -0.25) is 4.79 Å². The summed E-state index contributed by atoms with van der Waals surface area (Å²) in [7, 11) is 0. The first-order valence-corrected chi connectivity index (χ1v) is 9.82. The predicted octanol–water partition coefficient (Wildman–Crippen LogP) is 5.66. The summed E-state index contributed by atoms with van der Waals surface area (Å²) >= 11 is 12.0. The van der Waals surface area contributed by atoms with Crippen molar-refractivity contribution in [3.8, 4) is 0 Å². The van der Waals surface area contributed by atoms with Crippen LogP contribution in [-0.4, -0.2) is 20.4 Å². The summed E-state index contributed by atoms with van der Waals surface area (Å²) in [5, 5.41) is 4.19. The van der Waals surface area contributed by atoms with Crippen LogP contribution in [0, 0.1) is 13.8 Å². The van der Waals surface area contributed by atoms with Gasteiger partial charge < -0.3 is 9.88 Å². The lowest BCUT2D eigenvalue weighted by Crippen LogP contribution is -2.13. The molecule has 0 aliphatic rings. The van der Waals surface area contributed by atoms with E-state index >= 15 is 0 Å². The number of aryl methyl sites for hydroxylation is 2. The zero-order valence-electron chi connectivity index (χ0n) is 15.9. The molecule has 2 aromatic carbocycles. The molecule has 0 saturated heterocycles. The highest BCUT2D eigenvalue weighted by Crippen LogP contribution is 2.23. The lowest BCUT2D eigenvalue weighted by atomic mass is 10.2. The Hall–Kier alpha value is -2.89. The Morgan fingerprint density at radius 1 is 1.00 bits per heavy atom. The number of imidazole rings is 1. The van der Waals surface area contributed by atoms with Gasteiger partial charge in [0.25, 0.3) is 5.91 Å². The molecule has 0 saturated carbocycles. The first kappa shape index (κ1) is 19.4. The van der Waals surface area contributed by atoms with Crippen LogP contribution in [0.3, 0.4) is 0 Å². The molecule has 0 radical (unpaired) electrons. The van der Waals surface area contributed by atoms with E-state index in [0.29, 0.717) is 33.5 Å². The highest BCUT2D eigenvalue weighted by atomic mass is 35.5. The number of rotatable bonds is 4. The van der Waals surface area contributed by atoms with E-state index in [4.69, 9.17) is 28.2 Å². The number of carbonyl (C=O) groups is 1. The van der Waals surface area contributed by atoms with Crippen LogP contribution >= 0.6 is 23.2 Å². The van der Waals surface area contributed by atoms with Crippen molar-refractivity contribution in [1.29, 1.82) is 0 Å². The van der Waals surface area contributed by atoms with E-state index in [1.165, 1.54) is 0 Å². The molecule has 2 heterocycles. The summed E-state index contributed by atoms with van der Waals surface area (Å²) in [6.07, 6.45) is 0. The summed E-state index contributed by atoms with van der Waals surface area (Å²) in [5.41, 5.74) is 4.43. The van der Waals surface area contributed by atoms with Gasteiger partial charge >= 0.3 is 0 Å². The summed E-state index contributed by atoms with van der Waals surface area (Å²) < 4.78 is 2.04. The van der Waals surface area contributed by atoms with E-state index in [1.807, 2.05) is 48.7 Å². The van der Waals surface area contributed by atoms with Crippen LogP contribution in [0.1, 0.15) is 27.4 Å². The van der Waals surface area contributed by atoms with Crippen LogP contribution in [0.15, 0.2) is 54.6 Å². The molecule has 0 unspecified atom stereocenters. The number of hydrogen-bond acceptors (Lipinski definition) is 3. The van der Waals surface area contributed by atoms with Crippen molar-refractivity contribution in [1.82, 2.24) is 14.5 Å². The molecule has 0 bridgehead atoms. The van der Waals surface area contributed by atoms with Crippen LogP contribution in [0.5, 0.6) is 0 Å². The van der Waals surface area contributed by atoms with Crippen LogP contribution in [-0.2, 0) is 6.54 Å². The van der Waals surface area contributed by atoms with E-state index in [0.717, 1.165) is 22.6 Å². The number of nitrogens with one attached hydrogen (secondary N) is 1. The van der Waals surface area contributed by atoms with Gasteiger partial charge in [-0.2, -0.15) is 0 Å². The Bertz CT molecular complexity index is 1220. The Balaban J connectivity index is 1.65. The lowest BCUT2D eigenvalue weighted by molar-refractivity contribution is 0.102. The van der Waals surface area contributed by atoms with Crippen molar-refractivity contribution >= 4 is 46.0 Å². The van der Waals surface area contributed by atoms with Gasteiger partial charge in [0.05, 0.1) is 17.9 Å². The molecule has 1 amide bonds. The zero-order valence-corrected chi connectivity index (χ0v) is 17.4. The number of pyridine rings is 1. The normalized spacial score (nSPS) is 11.0. The topological polar surface area (TPSA) is 59.8 Å². The molecule has 146 valence electrons. The average molecular weight is 425 g/mol. The van der Waals surface area contributed by atoms with Crippen molar-refractivity contribution < 1.29 is 4.79 Å². The van der Waals surface area contributed by atoms with Gasteiger partial charge in [0, 0.05) is 15.6 Å². The number of halogens is 2. The number of fused-ring (bicyclic) bond motifs is 1. The minimum atomic E-state index is -0.221. The second-order valence-electron chi connectivity index (χ2n) is 6.80. The molecule has 0 atom stereocenters. The van der Waals surface area contributed by atoms with E-state index in [-0.39, 0.29) is 5.91 Å². The minimum absolute atomic E-state index is 0.221. The Morgan fingerprint density at radius 3 is 2.48 bits per heavy atom. The van der Waals surface area contributed by atoms with Crippen LogP contribution in [0.2, 0.25) is 10.0 Å². The first-order chi connectivity index (χ1) is 13.9. The molecular weight excluding hydrogens is 407 g/mol. The molecule has 7 heteroatoms. The van der Waals surface area contributed by atoms with Crippen LogP contribution in [0.25, 0.3) is 11.2 Å². The zero-order chi connectivity index (χ0) is 20.5. The highest BCUT2D eigenvalue weighted by molar-refractivity contribution is 6.31. The van der Waals surface area contributed by atoms with E-state index in [9.17, 15) is 4.79 Å². The first-order valence-electron chi connectivity index (χ1n) is 9.06. The minimum Gasteiger partial charge on any atom is -0.320 e. The third-order valence-electron chi connectivity index (χ3n) is 4.69. The van der Waals surface area contributed by atoms with Crippen molar-refractivity contribution in [2.45, 2.75) is 20.4 Å². The number of anilines is 1. The number of nitrogens with zero attached hydrogens (tertiary/aromatic N) is 3. The van der Waals surface area contributed by atoms with Gasteiger partial charge in [0.2, 0.25) is 0 Å². The van der Waals surface area contributed by atoms with Gasteiger partial charge in [-0.25, -0.2) is 9.97 Å². The van der Waals surface area contributed by atoms with Gasteiger partial charge in [0.15, 0.2) is 5.65 Å². The highest BCUT2D eigenvalue weighted by Gasteiger charge is 2.15. The Labute approximate surface area is 178 Å². The van der Waals surface area contributed by atoms with E-state index in [1.54, 1.807) is 24.3 Å². The third-order valence-corrected chi connectivity index (χ3v) is 5.17. The van der Waals surface area contributed by atoms with Crippen LogP contribution < -0.4 is 5.32 Å². The Morgan fingerprint density at radius 2 is 1.76 bits per heavy atom. The molecule has 0 aliphatic carbocycles. The smallest absolute Gasteiger partial charge is 0.255 e. The van der Waals surface area contributed by atoms with Gasteiger partial charge in [0.1, 0.15) is 11.3 Å². The standard InChI is InChI=1S/C22H18Cl2N4O/c1-13-19(27-22(29)16-6-8-17(23)9-7-16)11-20-21(25-13)28(14(2)26-20)12-15-4-3-5-18(24)10-15/h3-11H,12H2,1-2H3,(H,27,29). The van der Waals surface area contributed by atoms with Crippen LogP contribution in [0.4, 0.5) is 5.69 Å². The molecule has 1 N–H and O–H groups in total. The molecular formula is C22H18Cl2N4O. The van der Waals surface area contributed by atoms with Crippen molar-refractivity contribution in [2.24, 2.45) is 0 Å². The number of carbonyl (C=O) groups excluding carboxylic acids is 1. The van der Waals surface area contributed by atoms with Gasteiger partial charge in [-0.15, -0.1) is 0 Å². The molecule has 0 spiro atoms. The van der Waals surface area contributed by atoms with Crippen molar-refractivity contribution in [3.05, 3.63) is 87.3 Å². The Kier molecular flexibility index (Phi) is 5.26. The summed E-state index contributed by atoms with van der Waals surface area (Å²) in [6, 6.07) is 16.3. The maximum Gasteiger partial charge on any atom is 0.255 e. The number of hydrogen-bond donors (Lipinski definition) is 1. The fourth-order valence-electron chi connectivity index (χ4n) is 3.18. The van der Waals surface area contributed by atoms with Crippen molar-refractivity contribution in [2.75, 3.05) is 5.32 Å². The molecule has 0 fully saturated rings. The second-order valence-corrected chi connectivity index (χ2v) is 7.67. The molecule has 2 aromatic heterocycles. The summed E-state index contributed by atoms with van der Waals surface area (Å²) in [6.45, 7) is 4.42. The number of benzene rings is 2. The van der Waals surface area contributed by atoms with Gasteiger partial charge in [-0.1, -0.05) is 35.3 Å². The summed E-state index contributed by atoms with van der Waals surface area (Å²) in [5.74, 6) is 0.619. The number of amides is 1. The monoisotopic (exact) mass is 424 g/mol. The third kappa shape index (κ3) is 4.11. The lowest BCUT2D eigenvalue weighted by Gasteiger charge is -2.10. The quantitative estimate of drug-likeness (QED) is 0.459. The SMILES string of the molecule is Cc1nc2c(cc1NC(=O)c1ccc(Cl)cc1)nc(C)n2Cc1cccc(Cl)c1. The molecule has 0 aliphatic heterocycles. The number of aromatic nitrogens is 3. The largest absolute Gasteiger partial charge is 0.320 e. The fraction of sp³-hybridized carbons (Fsp3) is 0.136.